The SMILES string of the molecule is COc1ccc(N2CCN(C(C(=O)O)c3c[nH]c4c(OC)cccc34)CC2)cc1. The predicted octanol–water partition coefficient (Wildman–Crippen LogP) is 3.13. The number of fused-ring (bicyclic) bond motifs is 1. The lowest BCUT2D eigenvalue weighted by Gasteiger charge is -2.38. The molecule has 1 saturated heterocycles. The topological polar surface area (TPSA) is 78.0 Å². The highest BCUT2D eigenvalue weighted by molar-refractivity contribution is 5.92. The van der Waals surface area contributed by atoms with E-state index in [0.29, 0.717) is 18.8 Å². The summed E-state index contributed by atoms with van der Waals surface area (Å²) < 4.78 is 10.6. The summed E-state index contributed by atoms with van der Waals surface area (Å²) in [5.41, 5.74) is 2.71. The predicted molar refractivity (Wildman–Crippen MR) is 112 cm³/mol. The van der Waals surface area contributed by atoms with Crippen LogP contribution in [0.1, 0.15) is 11.6 Å². The molecule has 0 saturated carbocycles. The van der Waals surface area contributed by atoms with E-state index in [2.05, 4.69) is 9.88 Å². The van der Waals surface area contributed by atoms with Crippen LogP contribution in [0.5, 0.6) is 11.5 Å². The fraction of sp³-hybridized carbons (Fsp3) is 0.318. The minimum atomic E-state index is -0.841. The number of carbonyl (C=O) groups is 1. The molecule has 2 aromatic carbocycles. The molecule has 2 heterocycles. The quantitative estimate of drug-likeness (QED) is 0.668. The summed E-state index contributed by atoms with van der Waals surface area (Å²) in [5.74, 6) is 0.696. The molecule has 7 nitrogen and oxygen atoms in total. The van der Waals surface area contributed by atoms with Crippen LogP contribution >= 0.6 is 0 Å². The first-order chi connectivity index (χ1) is 14.1. The monoisotopic (exact) mass is 395 g/mol. The molecular weight excluding hydrogens is 370 g/mol. The van der Waals surface area contributed by atoms with Gasteiger partial charge in [0.2, 0.25) is 0 Å². The van der Waals surface area contributed by atoms with E-state index in [0.717, 1.165) is 41.0 Å². The van der Waals surface area contributed by atoms with Gasteiger partial charge in [-0.25, -0.2) is 0 Å². The molecule has 152 valence electrons. The lowest BCUT2D eigenvalue weighted by molar-refractivity contribution is -0.143. The van der Waals surface area contributed by atoms with E-state index in [1.54, 1.807) is 20.4 Å². The maximum absolute atomic E-state index is 12.2. The van der Waals surface area contributed by atoms with Crippen molar-refractivity contribution in [1.82, 2.24) is 9.88 Å². The van der Waals surface area contributed by atoms with E-state index in [4.69, 9.17) is 9.47 Å². The summed E-state index contributed by atoms with van der Waals surface area (Å²) in [5, 5.41) is 10.9. The Labute approximate surface area is 169 Å². The van der Waals surface area contributed by atoms with Gasteiger partial charge in [0, 0.05) is 49.0 Å². The molecule has 3 aromatic rings. The number of carboxylic acid groups (broad SMARTS) is 1. The van der Waals surface area contributed by atoms with Crippen LogP contribution in [-0.2, 0) is 4.79 Å². The van der Waals surface area contributed by atoms with Gasteiger partial charge < -0.3 is 24.5 Å². The molecule has 0 spiro atoms. The van der Waals surface area contributed by atoms with Gasteiger partial charge in [0.05, 0.1) is 19.7 Å². The van der Waals surface area contributed by atoms with Crippen molar-refractivity contribution < 1.29 is 19.4 Å². The van der Waals surface area contributed by atoms with Gasteiger partial charge in [0.1, 0.15) is 17.5 Å². The Morgan fingerprint density at radius 3 is 2.38 bits per heavy atom. The Kier molecular flexibility index (Phi) is 5.31. The number of anilines is 1. The Bertz CT molecular complexity index is 991. The highest BCUT2D eigenvalue weighted by Crippen LogP contribution is 2.34. The molecule has 0 radical (unpaired) electrons. The van der Waals surface area contributed by atoms with Gasteiger partial charge in [-0.15, -0.1) is 0 Å². The molecule has 1 atom stereocenters. The number of H-pyrrole nitrogens is 1. The average Bonchev–Trinajstić information content (AvgIpc) is 3.18. The normalized spacial score (nSPS) is 16.0. The number of para-hydroxylation sites is 1. The van der Waals surface area contributed by atoms with Gasteiger partial charge in [-0.05, 0) is 30.3 Å². The number of benzene rings is 2. The van der Waals surface area contributed by atoms with Crippen molar-refractivity contribution in [2.75, 3.05) is 45.3 Å². The first kappa shape index (κ1) is 19.1. The standard InChI is InChI=1S/C22H25N3O4/c1-28-16-8-6-15(7-9-16)24-10-12-25(13-11-24)21(22(26)27)18-14-23-20-17(18)4-3-5-19(20)29-2/h3-9,14,21,23H,10-13H2,1-2H3,(H,26,27). The zero-order valence-corrected chi connectivity index (χ0v) is 16.6. The fourth-order valence-corrected chi connectivity index (χ4v) is 4.06. The van der Waals surface area contributed by atoms with E-state index in [9.17, 15) is 9.90 Å². The van der Waals surface area contributed by atoms with Crippen molar-refractivity contribution in [3.05, 3.63) is 54.2 Å². The van der Waals surface area contributed by atoms with Gasteiger partial charge in [-0.2, -0.15) is 0 Å². The zero-order valence-electron chi connectivity index (χ0n) is 16.6. The van der Waals surface area contributed by atoms with E-state index >= 15 is 0 Å². The lowest BCUT2D eigenvalue weighted by atomic mass is 10.0. The zero-order chi connectivity index (χ0) is 20.4. The Morgan fingerprint density at radius 2 is 1.76 bits per heavy atom. The minimum absolute atomic E-state index is 0.666. The maximum Gasteiger partial charge on any atom is 0.325 e. The number of nitrogens with one attached hydrogen (secondary N) is 1. The molecule has 0 aliphatic carbocycles. The van der Waals surface area contributed by atoms with Crippen molar-refractivity contribution in [3.63, 3.8) is 0 Å². The third-order valence-corrected chi connectivity index (χ3v) is 5.57. The molecule has 1 aliphatic rings. The van der Waals surface area contributed by atoms with Gasteiger partial charge in [-0.3, -0.25) is 9.69 Å². The highest BCUT2D eigenvalue weighted by Gasteiger charge is 2.32. The Morgan fingerprint density at radius 1 is 1.03 bits per heavy atom. The largest absolute Gasteiger partial charge is 0.497 e. The van der Waals surface area contributed by atoms with Crippen LogP contribution in [0.4, 0.5) is 5.69 Å². The molecule has 0 bridgehead atoms. The van der Waals surface area contributed by atoms with Crippen LogP contribution in [0.15, 0.2) is 48.7 Å². The third-order valence-electron chi connectivity index (χ3n) is 5.57. The van der Waals surface area contributed by atoms with Crippen LogP contribution < -0.4 is 14.4 Å². The number of nitrogens with zero attached hydrogens (tertiary/aromatic N) is 2. The second kappa shape index (κ2) is 8.05. The number of aromatic nitrogens is 1. The van der Waals surface area contributed by atoms with Crippen molar-refractivity contribution in [2.45, 2.75) is 6.04 Å². The first-order valence-electron chi connectivity index (χ1n) is 9.62. The lowest BCUT2D eigenvalue weighted by Crippen LogP contribution is -2.49. The van der Waals surface area contributed by atoms with Crippen molar-refractivity contribution in [3.8, 4) is 11.5 Å². The van der Waals surface area contributed by atoms with Crippen LogP contribution in [0.2, 0.25) is 0 Å². The van der Waals surface area contributed by atoms with E-state index < -0.39 is 12.0 Å². The summed E-state index contributed by atoms with van der Waals surface area (Å²) >= 11 is 0. The van der Waals surface area contributed by atoms with Crippen LogP contribution in [0.25, 0.3) is 10.9 Å². The van der Waals surface area contributed by atoms with Gasteiger partial charge in [0.15, 0.2) is 0 Å². The molecule has 7 heteroatoms. The average molecular weight is 395 g/mol. The molecule has 0 amide bonds. The van der Waals surface area contributed by atoms with E-state index in [1.807, 2.05) is 47.4 Å². The number of hydrogen-bond acceptors (Lipinski definition) is 5. The maximum atomic E-state index is 12.2. The number of methoxy groups -OCH3 is 2. The number of aromatic amines is 1. The van der Waals surface area contributed by atoms with Gasteiger partial charge in [0.25, 0.3) is 0 Å². The second-order valence-corrected chi connectivity index (χ2v) is 7.09. The molecule has 1 unspecified atom stereocenters. The molecule has 2 N–H and O–H groups in total. The summed E-state index contributed by atoms with van der Waals surface area (Å²) in [4.78, 5) is 19.7. The van der Waals surface area contributed by atoms with Gasteiger partial charge >= 0.3 is 5.97 Å². The second-order valence-electron chi connectivity index (χ2n) is 7.09. The van der Waals surface area contributed by atoms with Crippen LogP contribution in [0, 0.1) is 0 Å². The number of rotatable bonds is 6. The molecule has 1 aliphatic heterocycles. The van der Waals surface area contributed by atoms with E-state index in [-0.39, 0.29) is 0 Å². The van der Waals surface area contributed by atoms with Gasteiger partial charge in [-0.1, -0.05) is 12.1 Å². The summed E-state index contributed by atoms with van der Waals surface area (Å²) in [6, 6.07) is 13.0. The number of piperazine rings is 1. The van der Waals surface area contributed by atoms with E-state index in [1.165, 1.54) is 0 Å². The minimum Gasteiger partial charge on any atom is -0.497 e. The third kappa shape index (κ3) is 3.61. The Hall–Kier alpha value is -3.19. The summed E-state index contributed by atoms with van der Waals surface area (Å²) in [7, 11) is 3.27. The smallest absolute Gasteiger partial charge is 0.325 e. The summed E-state index contributed by atoms with van der Waals surface area (Å²) in [6.07, 6.45) is 1.79. The molecule has 29 heavy (non-hydrogen) atoms. The number of carboxylic acids is 1. The Balaban J connectivity index is 1.54. The highest BCUT2D eigenvalue weighted by atomic mass is 16.5. The fourth-order valence-electron chi connectivity index (χ4n) is 4.06. The van der Waals surface area contributed by atoms with Crippen LogP contribution in [-0.4, -0.2) is 61.4 Å². The molecule has 1 aromatic heterocycles. The van der Waals surface area contributed by atoms with Crippen molar-refractivity contribution in [1.29, 1.82) is 0 Å². The van der Waals surface area contributed by atoms with Crippen LogP contribution in [0.3, 0.4) is 0 Å². The van der Waals surface area contributed by atoms with Crippen molar-refractivity contribution in [2.24, 2.45) is 0 Å². The number of ether oxygens (including phenoxy) is 2. The molecular formula is C22H25N3O4. The first-order valence-corrected chi connectivity index (χ1v) is 9.62. The molecule has 1 fully saturated rings. The van der Waals surface area contributed by atoms with Crippen molar-refractivity contribution >= 4 is 22.6 Å². The molecule has 4 rings (SSSR count). The summed E-state index contributed by atoms with van der Waals surface area (Å²) in [6.45, 7) is 2.86. The number of hydrogen-bond donors (Lipinski definition) is 2. The number of aliphatic carboxylic acids is 1.